The highest BCUT2D eigenvalue weighted by Crippen LogP contribution is 2.23. The van der Waals surface area contributed by atoms with Crippen molar-refractivity contribution >= 4 is 11.6 Å². The minimum Gasteiger partial charge on any atom is -0.481 e. The van der Waals surface area contributed by atoms with Crippen LogP contribution in [0.1, 0.15) is 12.1 Å². The van der Waals surface area contributed by atoms with Crippen LogP contribution in [0.4, 0.5) is 5.69 Å². The molecule has 1 saturated heterocycles. The molecule has 0 aliphatic carbocycles. The minimum atomic E-state index is 0.0957. The molecule has 0 saturated carbocycles. The highest BCUT2D eigenvalue weighted by molar-refractivity contribution is 5.79. The molecule has 2 aliphatic heterocycles. The van der Waals surface area contributed by atoms with Gasteiger partial charge in [-0.2, -0.15) is 5.10 Å². The van der Waals surface area contributed by atoms with Gasteiger partial charge in [-0.1, -0.05) is 0 Å². The van der Waals surface area contributed by atoms with Crippen LogP contribution in [0.25, 0.3) is 0 Å². The first-order chi connectivity index (χ1) is 12.2. The van der Waals surface area contributed by atoms with Crippen LogP contribution in [-0.2, 0) is 17.8 Å². The van der Waals surface area contributed by atoms with E-state index in [1.54, 1.807) is 7.11 Å². The van der Waals surface area contributed by atoms with E-state index in [0.29, 0.717) is 11.8 Å². The van der Waals surface area contributed by atoms with Crippen molar-refractivity contribution in [1.29, 1.82) is 0 Å². The molecule has 1 amide bonds. The zero-order chi connectivity index (χ0) is 17.2. The van der Waals surface area contributed by atoms with Gasteiger partial charge in [0.05, 0.1) is 19.0 Å². The van der Waals surface area contributed by atoms with Crippen LogP contribution in [0.15, 0.2) is 30.6 Å². The van der Waals surface area contributed by atoms with Gasteiger partial charge in [0.25, 0.3) is 0 Å². The van der Waals surface area contributed by atoms with Crippen LogP contribution >= 0.6 is 0 Å². The summed E-state index contributed by atoms with van der Waals surface area (Å²) in [4.78, 5) is 21.4. The topological polar surface area (TPSA) is 63.5 Å². The molecule has 1 fully saturated rings. The molecule has 7 heteroatoms. The number of hydrogen-bond acceptors (Lipinski definition) is 5. The summed E-state index contributed by atoms with van der Waals surface area (Å²) in [5.41, 5.74) is 2.25. The molecule has 0 bridgehead atoms. The number of nitrogens with zero attached hydrogens (tertiary/aromatic N) is 5. The van der Waals surface area contributed by atoms with Gasteiger partial charge in [0.2, 0.25) is 11.8 Å². The fourth-order valence-corrected chi connectivity index (χ4v) is 3.70. The molecular weight excluding hydrogens is 318 g/mol. The Morgan fingerprint density at radius 3 is 2.72 bits per heavy atom. The first-order valence-electron chi connectivity index (χ1n) is 8.79. The smallest absolute Gasteiger partial charge is 0.226 e. The fraction of sp³-hybridized carbons (Fsp3) is 0.500. The van der Waals surface area contributed by atoms with Crippen molar-refractivity contribution in [3.8, 4) is 5.88 Å². The molecule has 2 aromatic rings. The number of pyridine rings is 1. The molecule has 2 aromatic heterocycles. The summed E-state index contributed by atoms with van der Waals surface area (Å²) in [6.45, 7) is 4.05. The summed E-state index contributed by atoms with van der Waals surface area (Å²) < 4.78 is 7.11. The van der Waals surface area contributed by atoms with E-state index in [1.807, 2.05) is 40.2 Å². The Morgan fingerprint density at radius 2 is 2.00 bits per heavy atom. The van der Waals surface area contributed by atoms with Crippen molar-refractivity contribution < 1.29 is 9.53 Å². The molecule has 0 radical (unpaired) electrons. The van der Waals surface area contributed by atoms with E-state index < -0.39 is 0 Å². The number of rotatable bonds is 3. The van der Waals surface area contributed by atoms with Crippen molar-refractivity contribution in [2.75, 3.05) is 38.2 Å². The van der Waals surface area contributed by atoms with E-state index in [2.05, 4.69) is 15.0 Å². The Morgan fingerprint density at radius 1 is 1.16 bits per heavy atom. The first kappa shape index (κ1) is 15.9. The number of fused-ring (bicyclic) bond motifs is 1. The number of methoxy groups -OCH3 is 1. The molecule has 0 aromatic carbocycles. The molecule has 1 unspecified atom stereocenters. The van der Waals surface area contributed by atoms with Crippen LogP contribution in [0.2, 0.25) is 0 Å². The molecule has 7 nitrogen and oxygen atoms in total. The fourth-order valence-electron chi connectivity index (χ4n) is 3.70. The largest absolute Gasteiger partial charge is 0.481 e. The number of ether oxygens (including phenoxy) is 1. The summed E-state index contributed by atoms with van der Waals surface area (Å²) in [6.07, 6.45) is 5.35. The van der Waals surface area contributed by atoms with Gasteiger partial charge in [-0.05, 0) is 18.6 Å². The monoisotopic (exact) mass is 341 g/mol. The molecule has 4 heterocycles. The number of hydrogen-bond donors (Lipinski definition) is 0. The van der Waals surface area contributed by atoms with E-state index in [-0.39, 0.29) is 5.92 Å². The molecule has 0 N–H and O–H groups in total. The second kappa shape index (κ2) is 6.74. The minimum absolute atomic E-state index is 0.0957. The van der Waals surface area contributed by atoms with Crippen molar-refractivity contribution in [2.45, 2.75) is 19.4 Å². The average molecular weight is 341 g/mol. The van der Waals surface area contributed by atoms with Crippen molar-refractivity contribution in [3.63, 3.8) is 0 Å². The zero-order valence-electron chi connectivity index (χ0n) is 14.5. The van der Waals surface area contributed by atoms with Gasteiger partial charge in [0.15, 0.2) is 0 Å². The lowest BCUT2D eigenvalue weighted by molar-refractivity contribution is -0.136. The SMILES string of the molecule is COc1ccc(N2CCN(C(=O)C3CCn4nccc4C3)CC2)cn1. The lowest BCUT2D eigenvalue weighted by Gasteiger charge is -2.38. The molecule has 1 atom stereocenters. The Bertz CT molecular complexity index is 734. The van der Waals surface area contributed by atoms with Crippen LogP contribution in [0, 0.1) is 5.92 Å². The molecular formula is C18H23N5O2. The quantitative estimate of drug-likeness (QED) is 0.839. The summed E-state index contributed by atoms with van der Waals surface area (Å²) in [7, 11) is 1.62. The van der Waals surface area contributed by atoms with Crippen LogP contribution in [-0.4, -0.2) is 58.9 Å². The molecule has 0 spiro atoms. The second-order valence-electron chi connectivity index (χ2n) is 6.61. The summed E-state index contributed by atoms with van der Waals surface area (Å²) in [6, 6.07) is 5.91. The van der Waals surface area contributed by atoms with Crippen LogP contribution in [0.5, 0.6) is 5.88 Å². The van der Waals surface area contributed by atoms with Crippen LogP contribution in [0.3, 0.4) is 0 Å². The normalized spacial score (nSPS) is 20.3. The first-order valence-corrected chi connectivity index (χ1v) is 8.79. The Hall–Kier alpha value is -2.57. The van der Waals surface area contributed by atoms with Gasteiger partial charge in [-0.15, -0.1) is 0 Å². The number of carbonyl (C=O) groups excluding carboxylic acids is 1. The summed E-state index contributed by atoms with van der Waals surface area (Å²) in [5, 5.41) is 4.29. The number of aromatic nitrogens is 3. The van der Waals surface area contributed by atoms with E-state index in [1.165, 1.54) is 5.69 Å². The zero-order valence-corrected chi connectivity index (χ0v) is 14.5. The third kappa shape index (κ3) is 3.18. The number of piperazine rings is 1. The maximum absolute atomic E-state index is 12.9. The van der Waals surface area contributed by atoms with E-state index in [4.69, 9.17) is 4.74 Å². The lowest BCUT2D eigenvalue weighted by atomic mass is 9.94. The summed E-state index contributed by atoms with van der Waals surface area (Å²) in [5.74, 6) is 1.01. The van der Waals surface area contributed by atoms with Gasteiger partial charge in [-0.25, -0.2) is 4.98 Å². The molecule has 132 valence electrons. The number of amides is 1. The molecule has 2 aliphatic rings. The van der Waals surface area contributed by atoms with Crippen molar-refractivity contribution in [1.82, 2.24) is 19.7 Å². The van der Waals surface area contributed by atoms with Crippen LogP contribution < -0.4 is 9.64 Å². The third-order valence-electron chi connectivity index (χ3n) is 5.19. The lowest BCUT2D eigenvalue weighted by Crippen LogP contribution is -2.51. The van der Waals surface area contributed by atoms with E-state index in [0.717, 1.165) is 51.3 Å². The van der Waals surface area contributed by atoms with Crippen molar-refractivity contribution in [2.24, 2.45) is 5.92 Å². The number of aryl methyl sites for hydroxylation is 1. The van der Waals surface area contributed by atoms with Gasteiger partial charge in [0, 0.05) is 63.0 Å². The van der Waals surface area contributed by atoms with E-state index in [9.17, 15) is 4.79 Å². The number of carbonyl (C=O) groups is 1. The average Bonchev–Trinajstić information content (AvgIpc) is 3.15. The highest BCUT2D eigenvalue weighted by atomic mass is 16.5. The van der Waals surface area contributed by atoms with Crippen molar-refractivity contribution in [3.05, 3.63) is 36.3 Å². The van der Waals surface area contributed by atoms with Gasteiger partial charge >= 0.3 is 0 Å². The second-order valence-corrected chi connectivity index (χ2v) is 6.61. The molecule has 4 rings (SSSR count). The standard InChI is InChI=1S/C18H23N5O2/c1-25-17-3-2-16(13-19-17)21-8-10-22(11-9-21)18(24)14-5-7-23-15(12-14)4-6-20-23/h2-4,6,13-14H,5,7-12H2,1H3. The van der Waals surface area contributed by atoms with Gasteiger partial charge in [0.1, 0.15) is 0 Å². The predicted octanol–water partition coefficient (Wildman–Crippen LogP) is 1.20. The maximum Gasteiger partial charge on any atom is 0.226 e. The maximum atomic E-state index is 12.9. The number of anilines is 1. The Kier molecular flexibility index (Phi) is 4.29. The third-order valence-corrected chi connectivity index (χ3v) is 5.19. The summed E-state index contributed by atoms with van der Waals surface area (Å²) >= 11 is 0. The van der Waals surface area contributed by atoms with Gasteiger partial charge in [-0.3, -0.25) is 9.48 Å². The highest BCUT2D eigenvalue weighted by Gasteiger charge is 2.30. The predicted molar refractivity (Wildman–Crippen MR) is 93.6 cm³/mol. The van der Waals surface area contributed by atoms with E-state index >= 15 is 0 Å². The van der Waals surface area contributed by atoms with Gasteiger partial charge < -0.3 is 14.5 Å². The Labute approximate surface area is 147 Å². The Balaban J connectivity index is 1.34. The molecule has 25 heavy (non-hydrogen) atoms.